The summed E-state index contributed by atoms with van der Waals surface area (Å²) >= 11 is 0. The first-order valence-electron chi connectivity index (χ1n) is 8.22. The van der Waals surface area contributed by atoms with E-state index in [1.807, 2.05) is 24.3 Å². The molecule has 0 aliphatic carbocycles. The molecule has 0 saturated heterocycles. The Bertz CT molecular complexity index is 503. The van der Waals surface area contributed by atoms with Gasteiger partial charge in [-0.2, -0.15) is 0 Å². The van der Waals surface area contributed by atoms with Crippen LogP contribution in [0.25, 0.3) is 0 Å². The van der Waals surface area contributed by atoms with Crippen LogP contribution in [0.15, 0.2) is 24.3 Å². The van der Waals surface area contributed by atoms with E-state index in [0.29, 0.717) is 13.1 Å². The molecular weight excluding hydrogens is 292 g/mol. The highest BCUT2D eigenvalue weighted by atomic mass is 16.5. The molecular formula is C18H28N2O3. The number of ether oxygens (including phenoxy) is 1. The Labute approximate surface area is 139 Å². The standard InChI is InChI=1S/C18H28N2O3/c1-4-5-6-12-20(15(2)21)14-18(22)19-11-10-16-8-7-9-17(13-16)23-3/h7-9,13H,4-6,10-12,14H2,1-3H3,(H,19,22). The van der Waals surface area contributed by atoms with Gasteiger partial charge in [0.05, 0.1) is 13.7 Å². The third-order valence-corrected chi connectivity index (χ3v) is 3.68. The van der Waals surface area contributed by atoms with Gasteiger partial charge in [0.2, 0.25) is 11.8 Å². The fraction of sp³-hybridized carbons (Fsp3) is 0.556. The zero-order chi connectivity index (χ0) is 17.1. The molecule has 5 nitrogen and oxygen atoms in total. The lowest BCUT2D eigenvalue weighted by molar-refractivity contribution is -0.134. The lowest BCUT2D eigenvalue weighted by atomic mass is 10.1. The molecule has 0 aromatic heterocycles. The SMILES string of the molecule is CCCCCN(CC(=O)NCCc1cccc(OC)c1)C(C)=O. The third-order valence-electron chi connectivity index (χ3n) is 3.68. The Kier molecular flexibility index (Phi) is 8.80. The number of hydrogen-bond donors (Lipinski definition) is 1. The summed E-state index contributed by atoms with van der Waals surface area (Å²) in [6.45, 7) is 4.95. The smallest absolute Gasteiger partial charge is 0.239 e. The van der Waals surface area contributed by atoms with Crippen molar-refractivity contribution in [3.63, 3.8) is 0 Å². The zero-order valence-electron chi connectivity index (χ0n) is 14.4. The van der Waals surface area contributed by atoms with Gasteiger partial charge in [0, 0.05) is 20.0 Å². The van der Waals surface area contributed by atoms with Crippen LogP contribution in [-0.2, 0) is 16.0 Å². The average Bonchev–Trinajstić information content (AvgIpc) is 2.54. The first kappa shape index (κ1) is 19.0. The molecule has 0 atom stereocenters. The molecule has 0 radical (unpaired) electrons. The van der Waals surface area contributed by atoms with Crippen molar-refractivity contribution in [2.45, 2.75) is 39.5 Å². The molecule has 0 unspecified atom stereocenters. The summed E-state index contributed by atoms with van der Waals surface area (Å²) in [5, 5.41) is 2.87. The number of hydrogen-bond acceptors (Lipinski definition) is 3. The van der Waals surface area contributed by atoms with Crippen molar-refractivity contribution >= 4 is 11.8 Å². The summed E-state index contributed by atoms with van der Waals surface area (Å²) in [4.78, 5) is 25.2. The molecule has 128 valence electrons. The van der Waals surface area contributed by atoms with E-state index in [-0.39, 0.29) is 18.4 Å². The molecule has 1 N–H and O–H groups in total. The van der Waals surface area contributed by atoms with E-state index in [0.717, 1.165) is 37.0 Å². The Balaban J connectivity index is 2.35. The highest BCUT2D eigenvalue weighted by Crippen LogP contribution is 2.12. The van der Waals surface area contributed by atoms with Crippen molar-refractivity contribution in [3.05, 3.63) is 29.8 Å². The van der Waals surface area contributed by atoms with Crippen LogP contribution in [0.1, 0.15) is 38.7 Å². The first-order chi connectivity index (χ1) is 11.1. The van der Waals surface area contributed by atoms with Gasteiger partial charge in [0.15, 0.2) is 0 Å². The summed E-state index contributed by atoms with van der Waals surface area (Å²) in [5.74, 6) is 0.649. The first-order valence-corrected chi connectivity index (χ1v) is 8.22. The maximum absolute atomic E-state index is 12.0. The number of rotatable bonds is 10. The molecule has 0 aliphatic heterocycles. The highest BCUT2D eigenvalue weighted by molar-refractivity contribution is 5.83. The molecule has 5 heteroatoms. The molecule has 0 heterocycles. The van der Waals surface area contributed by atoms with Crippen molar-refractivity contribution in [3.8, 4) is 5.75 Å². The van der Waals surface area contributed by atoms with Gasteiger partial charge in [0.25, 0.3) is 0 Å². The third kappa shape index (κ3) is 7.68. The lowest BCUT2D eigenvalue weighted by Crippen LogP contribution is -2.40. The predicted molar refractivity (Wildman–Crippen MR) is 91.5 cm³/mol. The normalized spacial score (nSPS) is 10.2. The lowest BCUT2D eigenvalue weighted by Gasteiger charge is -2.20. The van der Waals surface area contributed by atoms with E-state index in [1.165, 1.54) is 6.92 Å². The number of nitrogens with one attached hydrogen (secondary N) is 1. The monoisotopic (exact) mass is 320 g/mol. The van der Waals surface area contributed by atoms with Crippen molar-refractivity contribution in [1.29, 1.82) is 0 Å². The average molecular weight is 320 g/mol. The quantitative estimate of drug-likeness (QED) is 0.674. The topological polar surface area (TPSA) is 58.6 Å². The van der Waals surface area contributed by atoms with E-state index in [2.05, 4.69) is 12.2 Å². The fourth-order valence-corrected chi connectivity index (χ4v) is 2.30. The van der Waals surface area contributed by atoms with Gasteiger partial charge < -0.3 is 15.0 Å². The summed E-state index contributed by atoms with van der Waals surface area (Å²) in [7, 11) is 1.63. The molecule has 0 aliphatic rings. The van der Waals surface area contributed by atoms with Crippen LogP contribution in [0.3, 0.4) is 0 Å². The van der Waals surface area contributed by atoms with Crippen molar-refractivity contribution in [2.24, 2.45) is 0 Å². The number of carbonyl (C=O) groups is 2. The van der Waals surface area contributed by atoms with Gasteiger partial charge in [-0.3, -0.25) is 9.59 Å². The second-order valence-electron chi connectivity index (χ2n) is 5.60. The summed E-state index contributed by atoms with van der Waals surface area (Å²) in [6.07, 6.45) is 3.84. The summed E-state index contributed by atoms with van der Waals surface area (Å²) in [6, 6.07) is 7.78. The van der Waals surface area contributed by atoms with Crippen LogP contribution in [-0.4, -0.2) is 43.5 Å². The zero-order valence-corrected chi connectivity index (χ0v) is 14.4. The molecule has 2 amide bonds. The molecule has 0 saturated carbocycles. The maximum atomic E-state index is 12.0. The number of amides is 2. The van der Waals surface area contributed by atoms with E-state index < -0.39 is 0 Å². The van der Waals surface area contributed by atoms with E-state index in [4.69, 9.17) is 4.74 Å². The molecule has 1 aromatic rings. The number of unbranched alkanes of at least 4 members (excludes halogenated alkanes) is 2. The van der Waals surface area contributed by atoms with Crippen LogP contribution >= 0.6 is 0 Å². The van der Waals surface area contributed by atoms with Crippen LogP contribution in [0.2, 0.25) is 0 Å². The minimum Gasteiger partial charge on any atom is -0.497 e. The summed E-state index contributed by atoms with van der Waals surface area (Å²) in [5.41, 5.74) is 1.11. The number of benzene rings is 1. The molecule has 0 fully saturated rings. The van der Waals surface area contributed by atoms with Gasteiger partial charge in [-0.05, 0) is 30.5 Å². The molecule has 0 spiro atoms. The van der Waals surface area contributed by atoms with Gasteiger partial charge in [0.1, 0.15) is 5.75 Å². The van der Waals surface area contributed by atoms with Gasteiger partial charge in [-0.25, -0.2) is 0 Å². The molecule has 0 bridgehead atoms. The molecule has 23 heavy (non-hydrogen) atoms. The molecule has 1 rings (SSSR count). The second kappa shape index (κ2) is 10.6. The van der Waals surface area contributed by atoms with E-state index >= 15 is 0 Å². The van der Waals surface area contributed by atoms with Crippen molar-refractivity contribution in [2.75, 3.05) is 26.7 Å². The minimum absolute atomic E-state index is 0.0518. The van der Waals surface area contributed by atoms with E-state index in [1.54, 1.807) is 12.0 Å². The Morgan fingerprint density at radius 3 is 2.70 bits per heavy atom. The fourth-order valence-electron chi connectivity index (χ4n) is 2.30. The van der Waals surface area contributed by atoms with Crippen LogP contribution in [0.5, 0.6) is 5.75 Å². The van der Waals surface area contributed by atoms with Crippen LogP contribution in [0.4, 0.5) is 0 Å². The van der Waals surface area contributed by atoms with Crippen molar-refractivity contribution < 1.29 is 14.3 Å². The van der Waals surface area contributed by atoms with Gasteiger partial charge >= 0.3 is 0 Å². The van der Waals surface area contributed by atoms with Gasteiger partial charge in [-0.1, -0.05) is 31.9 Å². The Morgan fingerprint density at radius 1 is 1.26 bits per heavy atom. The van der Waals surface area contributed by atoms with Gasteiger partial charge in [-0.15, -0.1) is 0 Å². The number of methoxy groups -OCH3 is 1. The van der Waals surface area contributed by atoms with Crippen LogP contribution in [0, 0.1) is 0 Å². The molecule has 1 aromatic carbocycles. The van der Waals surface area contributed by atoms with Crippen LogP contribution < -0.4 is 10.1 Å². The summed E-state index contributed by atoms with van der Waals surface area (Å²) < 4.78 is 5.18. The highest BCUT2D eigenvalue weighted by Gasteiger charge is 2.12. The number of carbonyl (C=O) groups excluding carboxylic acids is 2. The Morgan fingerprint density at radius 2 is 2.04 bits per heavy atom. The largest absolute Gasteiger partial charge is 0.497 e. The predicted octanol–water partition coefficient (Wildman–Crippen LogP) is 2.39. The van der Waals surface area contributed by atoms with E-state index in [9.17, 15) is 9.59 Å². The van der Waals surface area contributed by atoms with Crippen molar-refractivity contribution in [1.82, 2.24) is 10.2 Å². The number of nitrogens with zero attached hydrogens (tertiary/aromatic N) is 1. The Hall–Kier alpha value is -2.04. The maximum Gasteiger partial charge on any atom is 0.239 e. The minimum atomic E-state index is -0.111. The second-order valence-corrected chi connectivity index (χ2v) is 5.60.